The molecule has 6 heteroatoms. The predicted octanol–water partition coefficient (Wildman–Crippen LogP) is 3.71. The largest absolute Gasteiger partial charge is 0.370 e. The Kier molecular flexibility index (Phi) is 7.47. The van der Waals surface area contributed by atoms with Crippen LogP contribution in [0.3, 0.4) is 0 Å². The van der Waals surface area contributed by atoms with Gasteiger partial charge in [-0.3, -0.25) is 4.79 Å². The number of aromatic nitrogens is 1. The summed E-state index contributed by atoms with van der Waals surface area (Å²) < 4.78 is 0. The molecule has 1 aliphatic rings. The first-order chi connectivity index (χ1) is 14.1. The third-order valence-electron chi connectivity index (χ3n) is 5.33. The molecule has 0 spiro atoms. The normalized spacial score (nSPS) is 14.7. The van der Waals surface area contributed by atoms with Gasteiger partial charge in [0.25, 0.3) is 5.91 Å². The van der Waals surface area contributed by atoms with Crippen LogP contribution in [0.5, 0.6) is 0 Å². The summed E-state index contributed by atoms with van der Waals surface area (Å²) in [6.07, 6.45) is 3.98. The molecule has 1 N–H and O–H groups in total. The second-order valence-electron chi connectivity index (χ2n) is 7.68. The number of anilines is 3. The van der Waals surface area contributed by atoms with Gasteiger partial charge in [0.1, 0.15) is 5.69 Å². The molecule has 2 heterocycles. The number of hydrogen-bond donors (Lipinski definition) is 1. The van der Waals surface area contributed by atoms with Crippen LogP contribution in [0.15, 0.2) is 42.6 Å². The molecule has 1 aliphatic heterocycles. The lowest BCUT2D eigenvalue weighted by Gasteiger charge is -2.34. The van der Waals surface area contributed by atoms with E-state index < -0.39 is 0 Å². The van der Waals surface area contributed by atoms with Gasteiger partial charge in [-0.2, -0.15) is 0 Å². The van der Waals surface area contributed by atoms with Crippen molar-refractivity contribution < 1.29 is 4.79 Å². The number of carbonyl (C=O) groups excluding carboxylic acids is 1. The third kappa shape index (κ3) is 5.70. The Morgan fingerprint density at radius 2 is 1.66 bits per heavy atom. The first-order valence-electron chi connectivity index (χ1n) is 10.7. The maximum atomic E-state index is 12.6. The van der Waals surface area contributed by atoms with Crippen LogP contribution in [0.4, 0.5) is 17.1 Å². The van der Waals surface area contributed by atoms with Crippen LogP contribution in [0.1, 0.15) is 37.2 Å². The van der Waals surface area contributed by atoms with Gasteiger partial charge in [-0.05, 0) is 56.3 Å². The third-order valence-corrected chi connectivity index (χ3v) is 5.33. The van der Waals surface area contributed by atoms with Crippen molar-refractivity contribution in [1.29, 1.82) is 0 Å². The fourth-order valence-corrected chi connectivity index (χ4v) is 3.63. The van der Waals surface area contributed by atoms with E-state index >= 15 is 0 Å². The molecule has 6 nitrogen and oxygen atoms in total. The Hall–Kier alpha value is -2.60. The van der Waals surface area contributed by atoms with E-state index in [0.29, 0.717) is 5.69 Å². The number of hydrogen-bond acceptors (Lipinski definition) is 5. The minimum absolute atomic E-state index is 0.179. The molecule has 1 fully saturated rings. The van der Waals surface area contributed by atoms with E-state index in [1.165, 1.54) is 5.69 Å². The first-order valence-corrected chi connectivity index (χ1v) is 10.7. The van der Waals surface area contributed by atoms with Crippen LogP contribution in [0.2, 0.25) is 0 Å². The van der Waals surface area contributed by atoms with Gasteiger partial charge in [-0.25, -0.2) is 4.98 Å². The van der Waals surface area contributed by atoms with Crippen LogP contribution in [0.25, 0.3) is 0 Å². The highest BCUT2D eigenvalue weighted by atomic mass is 16.1. The summed E-state index contributed by atoms with van der Waals surface area (Å²) in [5, 5.41) is 2.95. The monoisotopic (exact) mass is 395 g/mol. The lowest BCUT2D eigenvalue weighted by molar-refractivity contribution is 0.102. The average molecular weight is 396 g/mol. The molecule has 3 rings (SSSR count). The van der Waals surface area contributed by atoms with Gasteiger partial charge >= 0.3 is 0 Å². The van der Waals surface area contributed by atoms with Crippen LogP contribution in [-0.2, 0) is 0 Å². The highest BCUT2D eigenvalue weighted by molar-refractivity contribution is 6.03. The summed E-state index contributed by atoms with van der Waals surface area (Å²) in [5.74, 6) is -0.179. The number of pyridine rings is 1. The van der Waals surface area contributed by atoms with Crippen molar-refractivity contribution in [2.75, 3.05) is 61.4 Å². The number of likely N-dealkylation sites (N-methyl/N-ethyl adjacent to an activating group) is 1. The number of carbonyl (C=O) groups is 1. The maximum Gasteiger partial charge on any atom is 0.274 e. The molecular formula is C23H33N5O. The SMILES string of the molecule is CCCN(CCC)c1ccc(C(=O)Nc2ccc(N3CCN(C)CC3)cc2)nc1. The van der Waals surface area contributed by atoms with Crippen LogP contribution < -0.4 is 15.1 Å². The lowest BCUT2D eigenvalue weighted by Crippen LogP contribution is -2.44. The summed E-state index contributed by atoms with van der Waals surface area (Å²) in [5.41, 5.74) is 3.49. The van der Waals surface area contributed by atoms with Gasteiger partial charge in [0.05, 0.1) is 11.9 Å². The summed E-state index contributed by atoms with van der Waals surface area (Å²) in [6, 6.07) is 11.9. The molecular weight excluding hydrogens is 362 g/mol. The molecule has 156 valence electrons. The summed E-state index contributed by atoms with van der Waals surface area (Å²) in [4.78, 5) is 24.0. The number of rotatable bonds is 8. The van der Waals surface area contributed by atoms with E-state index in [1.54, 1.807) is 6.20 Å². The Morgan fingerprint density at radius 3 is 2.21 bits per heavy atom. The van der Waals surface area contributed by atoms with Gasteiger partial charge in [0, 0.05) is 50.6 Å². The fraction of sp³-hybridized carbons (Fsp3) is 0.478. The van der Waals surface area contributed by atoms with E-state index in [1.807, 2.05) is 24.3 Å². The molecule has 1 aromatic carbocycles. The minimum Gasteiger partial charge on any atom is -0.370 e. The Morgan fingerprint density at radius 1 is 1.00 bits per heavy atom. The molecule has 0 aliphatic carbocycles. The van der Waals surface area contributed by atoms with Crippen molar-refractivity contribution in [1.82, 2.24) is 9.88 Å². The first kappa shape index (κ1) is 21.1. The number of benzene rings is 1. The van der Waals surface area contributed by atoms with E-state index in [-0.39, 0.29) is 5.91 Å². The van der Waals surface area contributed by atoms with Crippen molar-refractivity contribution in [3.05, 3.63) is 48.3 Å². The van der Waals surface area contributed by atoms with Crippen LogP contribution >= 0.6 is 0 Å². The van der Waals surface area contributed by atoms with E-state index in [4.69, 9.17) is 0 Å². The van der Waals surface area contributed by atoms with Gasteiger partial charge in [-0.15, -0.1) is 0 Å². The summed E-state index contributed by atoms with van der Waals surface area (Å²) in [6.45, 7) is 10.6. The Balaban J connectivity index is 1.59. The quantitative estimate of drug-likeness (QED) is 0.738. The Bertz CT molecular complexity index is 761. The van der Waals surface area contributed by atoms with Crippen LogP contribution in [-0.4, -0.2) is 62.1 Å². The molecule has 1 saturated heterocycles. The van der Waals surface area contributed by atoms with Gasteiger partial charge in [0.2, 0.25) is 0 Å². The number of piperazine rings is 1. The van der Waals surface area contributed by atoms with E-state index in [0.717, 1.165) is 63.5 Å². The van der Waals surface area contributed by atoms with Gasteiger partial charge < -0.3 is 20.0 Å². The zero-order valence-corrected chi connectivity index (χ0v) is 17.9. The topological polar surface area (TPSA) is 51.7 Å². The molecule has 0 saturated carbocycles. The molecule has 2 aromatic rings. The number of amides is 1. The number of nitrogens with one attached hydrogen (secondary N) is 1. The highest BCUT2D eigenvalue weighted by Gasteiger charge is 2.15. The molecule has 0 bridgehead atoms. The van der Waals surface area contributed by atoms with Gasteiger partial charge in [0.15, 0.2) is 0 Å². The highest BCUT2D eigenvalue weighted by Crippen LogP contribution is 2.20. The molecule has 0 unspecified atom stereocenters. The summed E-state index contributed by atoms with van der Waals surface area (Å²) >= 11 is 0. The van der Waals surface area contributed by atoms with E-state index in [2.05, 4.69) is 58.0 Å². The standard InChI is InChI=1S/C23H33N5O/c1-4-12-27(13-5-2)21-10-11-22(24-18-21)23(29)25-19-6-8-20(9-7-19)28-16-14-26(3)15-17-28/h6-11,18H,4-5,12-17H2,1-3H3,(H,25,29). The Labute approximate surface area is 174 Å². The average Bonchev–Trinajstić information content (AvgIpc) is 2.75. The maximum absolute atomic E-state index is 12.6. The number of nitrogens with zero attached hydrogens (tertiary/aromatic N) is 4. The van der Waals surface area contributed by atoms with Crippen molar-refractivity contribution in [2.24, 2.45) is 0 Å². The molecule has 1 aromatic heterocycles. The zero-order chi connectivity index (χ0) is 20.6. The minimum atomic E-state index is -0.179. The zero-order valence-electron chi connectivity index (χ0n) is 17.9. The second-order valence-corrected chi connectivity index (χ2v) is 7.68. The van der Waals surface area contributed by atoms with E-state index in [9.17, 15) is 4.79 Å². The molecule has 29 heavy (non-hydrogen) atoms. The second kappa shape index (κ2) is 10.3. The smallest absolute Gasteiger partial charge is 0.274 e. The van der Waals surface area contributed by atoms with Crippen molar-refractivity contribution in [3.63, 3.8) is 0 Å². The summed E-state index contributed by atoms with van der Waals surface area (Å²) in [7, 11) is 2.15. The van der Waals surface area contributed by atoms with Crippen molar-refractivity contribution in [2.45, 2.75) is 26.7 Å². The van der Waals surface area contributed by atoms with Crippen molar-refractivity contribution in [3.8, 4) is 0 Å². The fourth-order valence-electron chi connectivity index (χ4n) is 3.63. The van der Waals surface area contributed by atoms with Crippen LogP contribution in [0, 0.1) is 0 Å². The lowest BCUT2D eigenvalue weighted by atomic mass is 10.2. The molecule has 1 amide bonds. The van der Waals surface area contributed by atoms with Gasteiger partial charge in [-0.1, -0.05) is 13.8 Å². The van der Waals surface area contributed by atoms with Crippen molar-refractivity contribution >= 4 is 23.0 Å². The molecule has 0 atom stereocenters. The molecule has 0 radical (unpaired) electrons. The predicted molar refractivity (Wildman–Crippen MR) is 121 cm³/mol.